The lowest BCUT2D eigenvalue weighted by Crippen LogP contribution is -2.30. The number of alkyl halides is 3. The molecule has 1 aromatic carbocycles. The van der Waals surface area contributed by atoms with E-state index in [0.29, 0.717) is 11.6 Å². The van der Waals surface area contributed by atoms with Crippen molar-refractivity contribution in [1.82, 2.24) is 4.90 Å². The summed E-state index contributed by atoms with van der Waals surface area (Å²) in [7, 11) is 2.04. The van der Waals surface area contributed by atoms with Gasteiger partial charge in [0.05, 0.1) is 5.56 Å². The molecule has 1 saturated carbocycles. The lowest BCUT2D eigenvalue weighted by atomic mass is 9.87. The number of nitrogens with zero attached hydrogens (tertiary/aromatic N) is 1. The Morgan fingerprint density at radius 3 is 2.52 bits per heavy atom. The van der Waals surface area contributed by atoms with E-state index in [-0.39, 0.29) is 5.41 Å². The average Bonchev–Trinajstić information content (AvgIpc) is 3.07. The molecule has 1 atom stereocenters. The van der Waals surface area contributed by atoms with E-state index < -0.39 is 17.6 Å². The van der Waals surface area contributed by atoms with E-state index in [0.717, 1.165) is 44.4 Å². The molecule has 1 aromatic rings. The van der Waals surface area contributed by atoms with Crippen LogP contribution in [0.25, 0.3) is 0 Å². The molecular weight excluding hydrogens is 282 g/mol. The Balaban J connectivity index is 1.86. The zero-order valence-corrected chi connectivity index (χ0v) is 11.9. The van der Waals surface area contributed by atoms with Crippen LogP contribution in [0.4, 0.5) is 17.6 Å². The van der Waals surface area contributed by atoms with Crippen molar-refractivity contribution in [3.63, 3.8) is 0 Å². The highest BCUT2D eigenvalue weighted by Gasteiger charge is 2.48. The molecule has 0 amide bonds. The van der Waals surface area contributed by atoms with Gasteiger partial charge in [0.1, 0.15) is 5.82 Å². The first kappa shape index (κ1) is 14.8. The SMILES string of the molecule is CN1CCC[C@@H]1[CH]C1(c2ccc(F)c(C(F)(F)F)c2)CC1. The van der Waals surface area contributed by atoms with Gasteiger partial charge < -0.3 is 4.90 Å². The van der Waals surface area contributed by atoms with Crippen LogP contribution in [0.1, 0.15) is 36.8 Å². The molecule has 3 rings (SSSR count). The highest BCUT2D eigenvalue weighted by molar-refractivity contribution is 5.40. The summed E-state index contributed by atoms with van der Waals surface area (Å²) >= 11 is 0. The largest absolute Gasteiger partial charge is 0.419 e. The van der Waals surface area contributed by atoms with Gasteiger partial charge in [-0.1, -0.05) is 6.07 Å². The van der Waals surface area contributed by atoms with Gasteiger partial charge in [0.15, 0.2) is 0 Å². The molecule has 1 aliphatic heterocycles. The topological polar surface area (TPSA) is 3.24 Å². The van der Waals surface area contributed by atoms with E-state index in [4.69, 9.17) is 0 Å². The van der Waals surface area contributed by atoms with Crippen molar-refractivity contribution in [3.05, 3.63) is 41.6 Å². The fourth-order valence-electron chi connectivity index (χ4n) is 3.25. The van der Waals surface area contributed by atoms with E-state index in [1.807, 2.05) is 7.05 Å². The van der Waals surface area contributed by atoms with Gasteiger partial charge in [-0.2, -0.15) is 13.2 Å². The average molecular weight is 300 g/mol. The second kappa shape index (κ2) is 4.97. The van der Waals surface area contributed by atoms with Gasteiger partial charge in [-0.05, 0) is 63.4 Å². The van der Waals surface area contributed by atoms with Crippen molar-refractivity contribution >= 4 is 0 Å². The van der Waals surface area contributed by atoms with Crippen LogP contribution in [0.3, 0.4) is 0 Å². The van der Waals surface area contributed by atoms with Crippen molar-refractivity contribution in [2.45, 2.75) is 43.3 Å². The highest BCUT2D eigenvalue weighted by atomic mass is 19.4. The first-order valence-electron chi connectivity index (χ1n) is 7.25. The Morgan fingerprint density at radius 1 is 1.29 bits per heavy atom. The summed E-state index contributed by atoms with van der Waals surface area (Å²) in [4.78, 5) is 2.23. The normalized spacial score (nSPS) is 25.3. The Morgan fingerprint density at radius 2 is 2.00 bits per heavy atom. The van der Waals surface area contributed by atoms with Crippen molar-refractivity contribution in [1.29, 1.82) is 0 Å². The minimum atomic E-state index is -4.64. The molecule has 0 unspecified atom stereocenters. The van der Waals surface area contributed by atoms with Gasteiger partial charge in [-0.3, -0.25) is 0 Å². The molecule has 1 saturated heterocycles. The van der Waals surface area contributed by atoms with Crippen molar-refractivity contribution in [3.8, 4) is 0 Å². The number of hydrogen-bond donors (Lipinski definition) is 0. The summed E-state index contributed by atoms with van der Waals surface area (Å²) in [6.07, 6.45) is 1.39. The van der Waals surface area contributed by atoms with Crippen LogP contribution in [-0.4, -0.2) is 24.5 Å². The second-order valence-corrected chi connectivity index (χ2v) is 6.21. The monoisotopic (exact) mass is 300 g/mol. The second-order valence-electron chi connectivity index (χ2n) is 6.21. The third-order valence-electron chi connectivity index (χ3n) is 4.72. The third kappa shape index (κ3) is 2.80. The van der Waals surface area contributed by atoms with Crippen molar-refractivity contribution in [2.24, 2.45) is 0 Å². The Hall–Kier alpha value is -1.10. The summed E-state index contributed by atoms with van der Waals surface area (Å²) in [5.74, 6) is -1.19. The zero-order chi connectivity index (χ0) is 15.3. The van der Waals surface area contributed by atoms with Crippen LogP contribution in [0, 0.1) is 12.2 Å². The molecule has 2 fully saturated rings. The fourth-order valence-corrected chi connectivity index (χ4v) is 3.25. The van der Waals surface area contributed by atoms with Crippen LogP contribution in [0.2, 0.25) is 0 Å². The van der Waals surface area contributed by atoms with E-state index in [1.165, 1.54) is 6.07 Å². The minimum absolute atomic E-state index is 0.295. The van der Waals surface area contributed by atoms with Gasteiger partial charge in [-0.15, -0.1) is 0 Å². The predicted molar refractivity (Wildman–Crippen MR) is 72.3 cm³/mol. The fraction of sp³-hybridized carbons (Fsp3) is 0.562. The van der Waals surface area contributed by atoms with Gasteiger partial charge in [0, 0.05) is 11.5 Å². The van der Waals surface area contributed by atoms with Gasteiger partial charge in [0.25, 0.3) is 0 Å². The van der Waals surface area contributed by atoms with Crippen molar-refractivity contribution < 1.29 is 17.6 Å². The zero-order valence-electron chi connectivity index (χ0n) is 11.9. The molecule has 1 heterocycles. The quantitative estimate of drug-likeness (QED) is 0.757. The van der Waals surface area contributed by atoms with Gasteiger partial charge in [-0.25, -0.2) is 4.39 Å². The number of hydrogen-bond acceptors (Lipinski definition) is 1. The molecule has 0 bridgehead atoms. The highest BCUT2D eigenvalue weighted by Crippen LogP contribution is 2.53. The van der Waals surface area contributed by atoms with Crippen LogP contribution in [0.5, 0.6) is 0 Å². The molecule has 115 valence electrons. The Kier molecular flexibility index (Phi) is 3.51. The molecule has 0 spiro atoms. The minimum Gasteiger partial charge on any atom is -0.303 e. The van der Waals surface area contributed by atoms with Gasteiger partial charge >= 0.3 is 6.18 Å². The first-order chi connectivity index (χ1) is 9.82. The van der Waals surface area contributed by atoms with E-state index >= 15 is 0 Å². The molecule has 0 aromatic heterocycles. The lowest BCUT2D eigenvalue weighted by Gasteiger charge is -2.25. The van der Waals surface area contributed by atoms with E-state index in [2.05, 4.69) is 11.3 Å². The van der Waals surface area contributed by atoms with Crippen molar-refractivity contribution in [2.75, 3.05) is 13.6 Å². The summed E-state index contributed by atoms with van der Waals surface area (Å²) in [5.41, 5.74) is -0.854. The molecule has 1 nitrogen and oxygen atoms in total. The Bertz CT molecular complexity index is 534. The predicted octanol–water partition coefficient (Wildman–Crippen LogP) is 4.17. The summed E-state index contributed by atoms with van der Waals surface area (Å²) in [6, 6.07) is 3.76. The molecule has 0 N–H and O–H groups in total. The number of halogens is 4. The maximum Gasteiger partial charge on any atom is 0.419 e. The van der Waals surface area contributed by atoms with E-state index in [9.17, 15) is 17.6 Å². The summed E-state index contributed by atoms with van der Waals surface area (Å²) in [5, 5.41) is 0. The summed E-state index contributed by atoms with van der Waals surface area (Å²) in [6.45, 7) is 1.02. The van der Waals surface area contributed by atoms with Crippen LogP contribution >= 0.6 is 0 Å². The maximum absolute atomic E-state index is 13.4. The first-order valence-corrected chi connectivity index (χ1v) is 7.25. The Labute approximate surface area is 121 Å². The van der Waals surface area contributed by atoms with Gasteiger partial charge in [0.2, 0.25) is 0 Å². The van der Waals surface area contributed by atoms with Crippen LogP contribution < -0.4 is 0 Å². The maximum atomic E-state index is 13.4. The molecular formula is C16H18F4N. The molecule has 1 radical (unpaired) electrons. The molecule has 5 heteroatoms. The smallest absolute Gasteiger partial charge is 0.303 e. The third-order valence-corrected chi connectivity index (χ3v) is 4.72. The molecule has 1 aliphatic carbocycles. The number of likely N-dealkylation sites (tertiary alicyclic amines) is 1. The van der Waals surface area contributed by atoms with Crippen LogP contribution in [0.15, 0.2) is 18.2 Å². The number of rotatable bonds is 3. The summed E-state index contributed by atoms with van der Waals surface area (Å²) < 4.78 is 51.9. The lowest BCUT2D eigenvalue weighted by molar-refractivity contribution is -0.140. The van der Waals surface area contributed by atoms with Crippen LogP contribution in [-0.2, 0) is 11.6 Å². The molecule has 2 aliphatic rings. The number of benzene rings is 1. The van der Waals surface area contributed by atoms with E-state index in [1.54, 1.807) is 0 Å². The molecule has 21 heavy (non-hydrogen) atoms. The standard InChI is InChI=1S/C16H18F4N/c1-21-8-2-3-12(21)10-15(6-7-15)11-4-5-14(17)13(9-11)16(18,19)20/h4-5,9-10,12H,2-3,6-8H2,1H3/t12-/m1/s1.